The van der Waals surface area contributed by atoms with Gasteiger partial charge in [0.05, 0.1) is 12.9 Å². The molecule has 1 atom stereocenters. The van der Waals surface area contributed by atoms with Crippen LogP contribution in [0, 0.1) is 0 Å². The molecule has 5 heteroatoms. The van der Waals surface area contributed by atoms with E-state index in [9.17, 15) is 4.79 Å². The molecule has 1 aromatic carbocycles. The van der Waals surface area contributed by atoms with Gasteiger partial charge in [0.15, 0.2) is 0 Å². The highest BCUT2D eigenvalue weighted by Gasteiger charge is 2.12. The van der Waals surface area contributed by atoms with E-state index in [1.165, 1.54) is 0 Å². The molecule has 1 aromatic heterocycles. The first kappa shape index (κ1) is 15.3. The molecule has 21 heavy (non-hydrogen) atoms. The molecule has 5 nitrogen and oxygen atoms in total. The molecule has 1 heterocycles. The topological polar surface area (TPSA) is 64.3 Å². The van der Waals surface area contributed by atoms with E-state index in [0.29, 0.717) is 19.6 Å². The van der Waals surface area contributed by atoms with Crippen molar-refractivity contribution in [2.45, 2.75) is 31.9 Å². The Morgan fingerprint density at radius 1 is 1.29 bits per heavy atom. The molecule has 1 N–H and O–H groups in total. The number of imidazole rings is 1. The number of rotatable bonds is 9. The van der Waals surface area contributed by atoms with Crippen LogP contribution in [0.15, 0.2) is 49.1 Å². The number of benzene rings is 1. The number of nitrogens with zero attached hydrogens (tertiary/aromatic N) is 2. The Morgan fingerprint density at radius 3 is 2.76 bits per heavy atom. The van der Waals surface area contributed by atoms with Crippen LogP contribution in [0.1, 0.15) is 30.9 Å². The van der Waals surface area contributed by atoms with Gasteiger partial charge in [0.2, 0.25) is 0 Å². The van der Waals surface area contributed by atoms with E-state index in [1.807, 2.05) is 41.1 Å². The van der Waals surface area contributed by atoms with E-state index in [-0.39, 0.29) is 12.5 Å². The van der Waals surface area contributed by atoms with Crippen molar-refractivity contribution in [1.82, 2.24) is 9.55 Å². The molecule has 0 amide bonds. The summed E-state index contributed by atoms with van der Waals surface area (Å²) in [5, 5.41) is 8.62. The first-order chi connectivity index (χ1) is 10.3. The van der Waals surface area contributed by atoms with Gasteiger partial charge >= 0.3 is 5.97 Å². The summed E-state index contributed by atoms with van der Waals surface area (Å²) < 4.78 is 7.92. The van der Waals surface area contributed by atoms with E-state index >= 15 is 0 Å². The summed E-state index contributed by atoms with van der Waals surface area (Å²) >= 11 is 0. The van der Waals surface area contributed by atoms with Gasteiger partial charge in [-0.2, -0.15) is 0 Å². The van der Waals surface area contributed by atoms with Crippen molar-refractivity contribution >= 4 is 5.97 Å². The number of unbranched alkanes of at least 4 members (excludes halogenated alkanes) is 1. The van der Waals surface area contributed by atoms with Gasteiger partial charge in [-0.05, 0) is 18.4 Å². The number of carbonyl (C=O) groups is 1. The second kappa shape index (κ2) is 8.21. The minimum atomic E-state index is -0.756. The normalized spacial score (nSPS) is 12.2. The van der Waals surface area contributed by atoms with Crippen molar-refractivity contribution in [1.29, 1.82) is 0 Å². The first-order valence-corrected chi connectivity index (χ1v) is 7.10. The number of aliphatic carboxylic acids is 1. The fourth-order valence-corrected chi connectivity index (χ4v) is 2.11. The van der Waals surface area contributed by atoms with E-state index in [1.54, 1.807) is 12.5 Å². The Kier molecular flexibility index (Phi) is 5.97. The fourth-order valence-electron chi connectivity index (χ4n) is 2.11. The number of carboxylic acids is 1. The van der Waals surface area contributed by atoms with Crippen LogP contribution in [-0.4, -0.2) is 27.2 Å². The van der Waals surface area contributed by atoms with Crippen molar-refractivity contribution in [2.75, 3.05) is 6.61 Å². The van der Waals surface area contributed by atoms with Gasteiger partial charge in [-0.15, -0.1) is 0 Å². The largest absolute Gasteiger partial charge is 0.481 e. The number of hydrogen-bond acceptors (Lipinski definition) is 3. The molecule has 2 aromatic rings. The van der Waals surface area contributed by atoms with Crippen molar-refractivity contribution in [3.8, 4) is 0 Å². The summed E-state index contributed by atoms with van der Waals surface area (Å²) in [6.45, 7) is 1.25. The van der Waals surface area contributed by atoms with Gasteiger partial charge < -0.3 is 14.4 Å². The second-order valence-electron chi connectivity index (χ2n) is 4.88. The van der Waals surface area contributed by atoms with Gasteiger partial charge in [-0.25, -0.2) is 4.98 Å². The summed E-state index contributed by atoms with van der Waals surface area (Å²) in [5.41, 5.74) is 1.12. The number of carboxylic acid groups (broad SMARTS) is 1. The number of hydrogen-bond donors (Lipinski definition) is 1. The predicted molar refractivity (Wildman–Crippen MR) is 78.8 cm³/mol. The smallest absolute Gasteiger partial charge is 0.303 e. The SMILES string of the molecule is O=C(O)CCCCOC(Cn1ccnc1)c1ccccc1. The van der Waals surface area contributed by atoms with Gasteiger partial charge in [0.25, 0.3) is 0 Å². The summed E-state index contributed by atoms with van der Waals surface area (Å²) in [6, 6.07) is 10.0. The average molecular weight is 288 g/mol. The Labute approximate surface area is 124 Å². The van der Waals surface area contributed by atoms with Crippen LogP contribution in [0.3, 0.4) is 0 Å². The zero-order chi connectivity index (χ0) is 14.9. The lowest BCUT2D eigenvalue weighted by atomic mass is 10.1. The van der Waals surface area contributed by atoms with E-state index in [4.69, 9.17) is 9.84 Å². The molecule has 112 valence electrons. The molecule has 0 aliphatic carbocycles. The lowest BCUT2D eigenvalue weighted by Gasteiger charge is -2.19. The van der Waals surface area contributed by atoms with Crippen LogP contribution in [-0.2, 0) is 16.1 Å². The van der Waals surface area contributed by atoms with Crippen LogP contribution in [0.2, 0.25) is 0 Å². The van der Waals surface area contributed by atoms with E-state index < -0.39 is 5.97 Å². The molecule has 2 rings (SSSR count). The Balaban J connectivity index is 1.88. The molecule has 0 fully saturated rings. The van der Waals surface area contributed by atoms with Crippen molar-refractivity contribution in [3.05, 3.63) is 54.6 Å². The van der Waals surface area contributed by atoms with Gasteiger partial charge in [0, 0.05) is 25.4 Å². The third-order valence-corrected chi connectivity index (χ3v) is 3.21. The lowest BCUT2D eigenvalue weighted by Crippen LogP contribution is -2.13. The zero-order valence-corrected chi connectivity index (χ0v) is 11.9. The summed E-state index contributed by atoms with van der Waals surface area (Å²) in [7, 11) is 0. The molecule has 0 spiro atoms. The fraction of sp³-hybridized carbons (Fsp3) is 0.375. The van der Waals surface area contributed by atoms with Gasteiger partial charge in [-0.1, -0.05) is 30.3 Å². The number of aromatic nitrogens is 2. The van der Waals surface area contributed by atoms with E-state index in [0.717, 1.165) is 12.0 Å². The molecular formula is C16H20N2O3. The standard InChI is InChI=1S/C16H20N2O3/c19-16(20)8-4-5-11-21-15(12-18-10-9-17-13-18)14-6-2-1-3-7-14/h1-3,6-7,9-10,13,15H,4-5,8,11-12H2,(H,19,20). The summed E-state index contributed by atoms with van der Waals surface area (Å²) in [6.07, 6.45) is 6.95. The molecule has 0 saturated carbocycles. The quantitative estimate of drug-likeness (QED) is 0.721. The first-order valence-electron chi connectivity index (χ1n) is 7.10. The Hall–Kier alpha value is -2.14. The van der Waals surface area contributed by atoms with Crippen LogP contribution < -0.4 is 0 Å². The van der Waals surface area contributed by atoms with Gasteiger partial charge in [0.1, 0.15) is 6.10 Å². The molecule has 1 unspecified atom stereocenters. The Bertz CT molecular complexity index is 526. The molecular weight excluding hydrogens is 268 g/mol. The van der Waals surface area contributed by atoms with Crippen LogP contribution in [0.5, 0.6) is 0 Å². The highest BCUT2D eigenvalue weighted by Crippen LogP contribution is 2.20. The highest BCUT2D eigenvalue weighted by molar-refractivity contribution is 5.66. The number of ether oxygens (including phenoxy) is 1. The van der Waals surface area contributed by atoms with Crippen molar-refractivity contribution < 1.29 is 14.6 Å². The molecule has 0 aliphatic heterocycles. The monoisotopic (exact) mass is 288 g/mol. The third-order valence-electron chi connectivity index (χ3n) is 3.21. The molecule has 0 bridgehead atoms. The maximum Gasteiger partial charge on any atom is 0.303 e. The van der Waals surface area contributed by atoms with Crippen LogP contribution in [0.25, 0.3) is 0 Å². The predicted octanol–water partition coefficient (Wildman–Crippen LogP) is 2.90. The lowest BCUT2D eigenvalue weighted by molar-refractivity contribution is -0.137. The second-order valence-corrected chi connectivity index (χ2v) is 4.88. The minimum absolute atomic E-state index is 0.0507. The molecule has 0 radical (unpaired) electrons. The van der Waals surface area contributed by atoms with E-state index in [2.05, 4.69) is 4.98 Å². The zero-order valence-electron chi connectivity index (χ0n) is 11.9. The molecule has 0 saturated heterocycles. The van der Waals surface area contributed by atoms with Crippen molar-refractivity contribution in [3.63, 3.8) is 0 Å². The summed E-state index contributed by atoms with van der Waals surface area (Å²) in [4.78, 5) is 14.5. The maximum absolute atomic E-state index is 10.5. The average Bonchev–Trinajstić information content (AvgIpc) is 2.99. The summed E-state index contributed by atoms with van der Waals surface area (Å²) in [5.74, 6) is -0.756. The maximum atomic E-state index is 10.5. The highest BCUT2D eigenvalue weighted by atomic mass is 16.5. The third kappa shape index (κ3) is 5.39. The Morgan fingerprint density at radius 2 is 2.10 bits per heavy atom. The molecule has 0 aliphatic rings. The van der Waals surface area contributed by atoms with Crippen molar-refractivity contribution in [2.24, 2.45) is 0 Å². The minimum Gasteiger partial charge on any atom is -0.481 e. The van der Waals surface area contributed by atoms with Gasteiger partial charge in [-0.3, -0.25) is 4.79 Å². The van der Waals surface area contributed by atoms with Crippen LogP contribution >= 0.6 is 0 Å². The van der Waals surface area contributed by atoms with Crippen LogP contribution in [0.4, 0.5) is 0 Å².